The van der Waals surface area contributed by atoms with Crippen LogP contribution in [-0.4, -0.2) is 38.6 Å². The largest absolute Gasteiger partial charge is 0.493 e. The second kappa shape index (κ2) is 9.42. The number of ether oxygens (including phenoxy) is 3. The Balaban J connectivity index is 2.02. The number of thiocarbonyl (C=S) groups is 1. The molecule has 0 aliphatic heterocycles. The molecule has 0 fully saturated rings. The maximum Gasteiger partial charge on any atom is 0.373 e. The third kappa shape index (κ3) is 5.21. The van der Waals surface area contributed by atoms with Crippen molar-refractivity contribution in [1.82, 2.24) is 10.7 Å². The number of esters is 1. The van der Waals surface area contributed by atoms with Crippen molar-refractivity contribution in [2.24, 2.45) is 5.10 Å². The zero-order valence-corrected chi connectivity index (χ0v) is 15.4. The first-order valence-corrected chi connectivity index (χ1v) is 7.97. The van der Waals surface area contributed by atoms with Crippen molar-refractivity contribution in [3.8, 4) is 11.5 Å². The number of carbonyl (C=O) groups is 1. The molecule has 0 spiro atoms. The zero-order chi connectivity index (χ0) is 18.9. The van der Waals surface area contributed by atoms with Crippen molar-refractivity contribution < 1.29 is 23.4 Å². The van der Waals surface area contributed by atoms with Gasteiger partial charge in [0.05, 0.1) is 20.4 Å². The highest BCUT2D eigenvalue weighted by molar-refractivity contribution is 7.80. The molecule has 1 heterocycles. The van der Waals surface area contributed by atoms with E-state index in [4.69, 9.17) is 26.1 Å². The second-order valence-corrected chi connectivity index (χ2v) is 5.31. The smallest absolute Gasteiger partial charge is 0.373 e. The van der Waals surface area contributed by atoms with E-state index >= 15 is 0 Å². The van der Waals surface area contributed by atoms with Crippen molar-refractivity contribution in [2.45, 2.75) is 6.61 Å². The predicted molar refractivity (Wildman–Crippen MR) is 99.8 cm³/mol. The maximum absolute atomic E-state index is 11.4. The molecule has 8 nitrogen and oxygen atoms in total. The van der Waals surface area contributed by atoms with Gasteiger partial charge in [0, 0.05) is 7.05 Å². The van der Waals surface area contributed by atoms with Crippen LogP contribution in [-0.2, 0) is 11.3 Å². The summed E-state index contributed by atoms with van der Waals surface area (Å²) in [5, 5.41) is 7.17. The van der Waals surface area contributed by atoms with E-state index in [1.54, 1.807) is 38.6 Å². The fourth-order valence-corrected chi connectivity index (χ4v) is 1.97. The molecule has 2 N–H and O–H groups in total. The van der Waals surface area contributed by atoms with Crippen LogP contribution in [0.3, 0.4) is 0 Å². The van der Waals surface area contributed by atoms with Crippen LogP contribution in [0.25, 0.3) is 0 Å². The molecule has 0 unspecified atom stereocenters. The average molecular weight is 377 g/mol. The number of hydrazone groups is 1. The highest BCUT2D eigenvalue weighted by atomic mass is 32.1. The SMILES string of the molecule is CNC(=S)N/N=C\c1ccc(OCc2ccc(C(=O)OC)o2)c(OC)c1. The molecule has 26 heavy (non-hydrogen) atoms. The Morgan fingerprint density at radius 3 is 2.77 bits per heavy atom. The molecule has 138 valence electrons. The molecule has 1 aromatic heterocycles. The molecule has 0 saturated heterocycles. The topological polar surface area (TPSA) is 94.3 Å². The normalized spacial score (nSPS) is 10.4. The van der Waals surface area contributed by atoms with E-state index in [0.29, 0.717) is 22.4 Å². The fourth-order valence-electron chi connectivity index (χ4n) is 1.92. The van der Waals surface area contributed by atoms with Crippen LogP contribution in [0.4, 0.5) is 0 Å². The Labute approximate surface area is 156 Å². The van der Waals surface area contributed by atoms with Crippen LogP contribution in [0.5, 0.6) is 11.5 Å². The van der Waals surface area contributed by atoms with Gasteiger partial charge in [-0.2, -0.15) is 5.10 Å². The lowest BCUT2D eigenvalue weighted by molar-refractivity contribution is 0.0561. The van der Waals surface area contributed by atoms with Gasteiger partial charge >= 0.3 is 5.97 Å². The van der Waals surface area contributed by atoms with Crippen LogP contribution < -0.4 is 20.2 Å². The van der Waals surface area contributed by atoms with E-state index in [1.807, 2.05) is 6.07 Å². The van der Waals surface area contributed by atoms with E-state index in [1.165, 1.54) is 13.2 Å². The Kier molecular flexibility index (Phi) is 6.98. The van der Waals surface area contributed by atoms with Gasteiger partial charge in [-0.05, 0) is 48.1 Å². The molecule has 0 aliphatic rings. The van der Waals surface area contributed by atoms with Crippen molar-refractivity contribution >= 4 is 29.5 Å². The number of hydrogen-bond acceptors (Lipinski definition) is 7. The number of furan rings is 1. The molecule has 0 amide bonds. The quantitative estimate of drug-likeness (QED) is 0.328. The molecule has 0 aliphatic carbocycles. The van der Waals surface area contributed by atoms with Gasteiger partial charge in [0.25, 0.3) is 0 Å². The summed E-state index contributed by atoms with van der Waals surface area (Å²) in [7, 11) is 4.53. The lowest BCUT2D eigenvalue weighted by Crippen LogP contribution is -2.28. The molecule has 0 radical (unpaired) electrons. The third-order valence-electron chi connectivity index (χ3n) is 3.21. The number of benzene rings is 1. The van der Waals surface area contributed by atoms with E-state index < -0.39 is 5.97 Å². The van der Waals surface area contributed by atoms with Gasteiger partial charge < -0.3 is 23.9 Å². The van der Waals surface area contributed by atoms with Gasteiger partial charge in [0.2, 0.25) is 5.76 Å². The number of carbonyl (C=O) groups excluding carboxylic acids is 1. The van der Waals surface area contributed by atoms with Crippen LogP contribution >= 0.6 is 12.2 Å². The summed E-state index contributed by atoms with van der Waals surface area (Å²) in [6.45, 7) is 0.138. The van der Waals surface area contributed by atoms with Gasteiger partial charge in [-0.1, -0.05) is 0 Å². The third-order valence-corrected chi connectivity index (χ3v) is 3.51. The fraction of sp³-hybridized carbons (Fsp3) is 0.235. The molecule has 0 saturated carbocycles. The summed E-state index contributed by atoms with van der Waals surface area (Å²) < 4.78 is 21.0. The zero-order valence-electron chi connectivity index (χ0n) is 14.6. The lowest BCUT2D eigenvalue weighted by Gasteiger charge is -2.10. The van der Waals surface area contributed by atoms with E-state index in [0.717, 1.165) is 5.56 Å². The Morgan fingerprint density at radius 1 is 1.27 bits per heavy atom. The highest BCUT2D eigenvalue weighted by Gasteiger charge is 2.12. The molecule has 2 aromatic rings. The van der Waals surface area contributed by atoms with Crippen LogP contribution in [0.2, 0.25) is 0 Å². The minimum Gasteiger partial charge on any atom is -0.493 e. The van der Waals surface area contributed by atoms with Crippen LogP contribution in [0, 0.1) is 0 Å². The first kappa shape index (κ1) is 19.3. The molecule has 1 aromatic carbocycles. The van der Waals surface area contributed by atoms with Gasteiger partial charge in [-0.3, -0.25) is 5.43 Å². The Bertz CT molecular complexity index is 803. The van der Waals surface area contributed by atoms with Gasteiger partial charge in [0.1, 0.15) is 12.4 Å². The number of nitrogens with zero attached hydrogens (tertiary/aromatic N) is 1. The van der Waals surface area contributed by atoms with E-state index in [-0.39, 0.29) is 12.4 Å². The number of methoxy groups -OCH3 is 2. The van der Waals surface area contributed by atoms with Crippen molar-refractivity contribution in [3.05, 3.63) is 47.4 Å². The summed E-state index contributed by atoms with van der Waals surface area (Å²) >= 11 is 4.93. The maximum atomic E-state index is 11.4. The summed E-state index contributed by atoms with van der Waals surface area (Å²) in [5.41, 5.74) is 3.46. The standard InChI is InChI=1S/C17H19N3O5S/c1-18-17(26)20-19-9-11-4-6-13(15(8-11)22-2)24-10-12-5-7-14(25-12)16(21)23-3/h4-9H,10H2,1-3H3,(H2,18,20,26)/b19-9-. The molecular formula is C17H19N3O5S. The monoisotopic (exact) mass is 377 g/mol. The van der Waals surface area contributed by atoms with Crippen molar-refractivity contribution in [3.63, 3.8) is 0 Å². The van der Waals surface area contributed by atoms with Crippen LogP contribution in [0.15, 0.2) is 39.9 Å². The van der Waals surface area contributed by atoms with Gasteiger partial charge in [-0.15, -0.1) is 0 Å². The van der Waals surface area contributed by atoms with Crippen molar-refractivity contribution in [1.29, 1.82) is 0 Å². The number of hydrogen-bond donors (Lipinski definition) is 2. The number of rotatable bonds is 7. The first-order chi connectivity index (χ1) is 12.6. The Hall–Kier alpha value is -3.07. The van der Waals surface area contributed by atoms with E-state index in [9.17, 15) is 4.79 Å². The van der Waals surface area contributed by atoms with Gasteiger partial charge in [-0.25, -0.2) is 4.79 Å². The molecule has 0 atom stereocenters. The summed E-state index contributed by atoms with van der Waals surface area (Å²) in [4.78, 5) is 11.4. The molecule has 2 rings (SSSR count). The average Bonchev–Trinajstić information content (AvgIpc) is 3.14. The second-order valence-electron chi connectivity index (χ2n) is 4.91. The predicted octanol–water partition coefficient (Wildman–Crippen LogP) is 2.08. The molecule has 9 heteroatoms. The summed E-state index contributed by atoms with van der Waals surface area (Å²) in [5.74, 6) is 1.13. The highest BCUT2D eigenvalue weighted by Crippen LogP contribution is 2.28. The minimum absolute atomic E-state index is 0.122. The minimum atomic E-state index is -0.538. The van der Waals surface area contributed by atoms with E-state index in [2.05, 4.69) is 20.6 Å². The van der Waals surface area contributed by atoms with Crippen molar-refractivity contribution in [2.75, 3.05) is 21.3 Å². The first-order valence-electron chi connectivity index (χ1n) is 7.56. The van der Waals surface area contributed by atoms with Gasteiger partial charge in [0.15, 0.2) is 16.6 Å². The Morgan fingerprint density at radius 2 is 2.08 bits per heavy atom. The summed E-state index contributed by atoms with van der Waals surface area (Å²) in [6.07, 6.45) is 1.60. The number of nitrogens with one attached hydrogen (secondary N) is 2. The molecule has 0 bridgehead atoms. The summed E-state index contributed by atoms with van der Waals surface area (Å²) in [6, 6.07) is 8.51. The lowest BCUT2D eigenvalue weighted by atomic mass is 10.2. The van der Waals surface area contributed by atoms with Crippen LogP contribution in [0.1, 0.15) is 21.9 Å². The molecular weight excluding hydrogens is 358 g/mol.